The second kappa shape index (κ2) is 6.05. The fourth-order valence-electron chi connectivity index (χ4n) is 3.99. The average molecular weight is 337 g/mol. The molecule has 122 valence electrons. The van der Waals surface area contributed by atoms with Crippen LogP contribution in [0, 0.1) is 11.3 Å². The van der Waals surface area contributed by atoms with Crippen LogP contribution in [0.15, 0.2) is 0 Å². The average Bonchev–Trinajstić information content (AvgIpc) is 2.98. The Balaban J connectivity index is 0.00000161. The summed E-state index contributed by atoms with van der Waals surface area (Å²) in [4.78, 5) is 14.6. The van der Waals surface area contributed by atoms with E-state index in [1.807, 2.05) is 11.8 Å². The van der Waals surface area contributed by atoms with E-state index in [9.17, 15) is 13.2 Å². The van der Waals surface area contributed by atoms with Gasteiger partial charge in [-0.1, -0.05) is 0 Å². The van der Waals surface area contributed by atoms with Crippen LogP contribution in [0.4, 0.5) is 0 Å². The van der Waals surface area contributed by atoms with Gasteiger partial charge in [0, 0.05) is 18.5 Å². The minimum absolute atomic E-state index is 0. The van der Waals surface area contributed by atoms with Gasteiger partial charge in [-0.25, -0.2) is 8.42 Å². The molecular formula is C14H25ClN2O3S. The first-order valence-electron chi connectivity index (χ1n) is 7.69. The highest BCUT2D eigenvalue weighted by atomic mass is 35.5. The minimum atomic E-state index is -2.93. The molecule has 1 spiro atoms. The van der Waals surface area contributed by atoms with Gasteiger partial charge in [0.1, 0.15) is 0 Å². The molecule has 2 unspecified atom stereocenters. The zero-order chi connectivity index (χ0) is 14.4. The second-order valence-electron chi connectivity index (χ2n) is 6.55. The molecule has 0 aromatic heterocycles. The number of sulfone groups is 1. The van der Waals surface area contributed by atoms with Crippen LogP contribution in [0.5, 0.6) is 0 Å². The Hall–Kier alpha value is -0.330. The Morgan fingerprint density at radius 2 is 2.00 bits per heavy atom. The lowest BCUT2D eigenvalue weighted by Gasteiger charge is -2.29. The summed E-state index contributed by atoms with van der Waals surface area (Å²) in [7, 11) is -2.93. The van der Waals surface area contributed by atoms with Crippen molar-refractivity contribution in [1.29, 1.82) is 0 Å². The molecule has 7 heteroatoms. The number of hydrogen-bond acceptors (Lipinski definition) is 4. The largest absolute Gasteiger partial charge is 0.339 e. The van der Waals surface area contributed by atoms with Gasteiger partial charge in [0.25, 0.3) is 0 Å². The third kappa shape index (κ3) is 3.22. The van der Waals surface area contributed by atoms with Crippen molar-refractivity contribution >= 4 is 28.2 Å². The predicted octanol–water partition coefficient (Wildman–Crippen LogP) is 0.833. The summed E-state index contributed by atoms with van der Waals surface area (Å²) in [6.45, 7) is 4.60. The quantitative estimate of drug-likeness (QED) is 0.829. The molecule has 5 nitrogen and oxygen atoms in total. The summed E-state index contributed by atoms with van der Waals surface area (Å²) in [5.41, 5.74) is 0.229. The van der Waals surface area contributed by atoms with E-state index in [0.717, 1.165) is 32.4 Å². The van der Waals surface area contributed by atoms with Gasteiger partial charge >= 0.3 is 0 Å². The van der Waals surface area contributed by atoms with E-state index in [4.69, 9.17) is 0 Å². The molecule has 1 N–H and O–H groups in total. The lowest BCUT2D eigenvalue weighted by molar-refractivity contribution is -0.135. The molecule has 1 saturated carbocycles. The highest BCUT2D eigenvalue weighted by Gasteiger charge is 2.59. The SMILES string of the molecule is CCN(C(=O)C1CC12CCNCC2)C1CCS(=O)(=O)C1.Cl. The van der Waals surface area contributed by atoms with Crippen molar-refractivity contribution in [2.24, 2.45) is 11.3 Å². The fourth-order valence-corrected chi connectivity index (χ4v) is 5.72. The van der Waals surface area contributed by atoms with Crippen LogP contribution < -0.4 is 5.32 Å². The van der Waals surface area contributed by atoms with E-state index in [1.165, 1.54) is 0 Å². The zero-order valence-electron chi connectivity index (χ0n) is 12.5. The van der Waals surface area contributed by atoms with Crippen LogP contribution >= 0.6 is 12.4 Å². The van der Waals surface area contributed by atoms with Gasteiger partial charge in [0.05, 0.1) is 11.5 Å². The highest BCUT2D eigenvalue weighted by molar-refractivity contribution is 7.91. The van der Waals surface area contributed by atoms with Crippen LogP contribution in [0.2, 0.25) is 0 Å². The molecule has 2 heterocycles. The number of nitrogens with zero attached hydrogens (tertiary/aromatic N) is 1. The van der Waals surface area contributed by atoms with Crippen LogP contribution in [0.3, 0.4) is 0 Å². The third-order valence-electron chi connectivity index (χ3n) is 5.36. The number of amides is 1. The topological polar surface area (TPSA) is 66.5 Å². The Morgan fingerprint density at radius 1 is 1.33 bits per heavy atom. The number of carbonyl (C=O) groups is 1. The number of piperidine rings is 1. The molecule has 1 aliphatic carbocycles. The maximum absolute atomic E-state index is 12.7. The van der Waals surface area contributed by atoms with Crippen molar-refractivity contribution in [2.45, 2.75) is 38.6 Å². The van der Waals surface area contributed by atoms with Crippen LogP contribution in [0.1, 0.15) is 32.6 Å². The minimum Gasteiger partial charge on any atom is -0.339 e. The fraction of sp³-hybridized carbons (Fsp3) is 0.929. The molecule has 2 saturated heterocycles. The number of halogens is 1. The van der Waals surface area contributed by atoms with Crippen LogP contribution in [-0.2, 0) is 14.6 Å². The van der Waals surface area contributed by atoms with E-state index >= 15 is 0 Å². The summed E-state index contributed by atoms with van der Waals surface area (Å²) in [5.74, 6) is 0.749. The molecule has 3 fully saturated rings. The van der Waals surface area contributed by atoms with E-state index < -0.39 is 9.84 Å². The first kappa shape index (κ1) is 17.0. The third-order valence-corrected chi connectivity index (χ3v) is 7.11. The van der Waals surface area contributed by atoms with Crippen molar-refractivity contribution in [2.75, 3.05) is 31.1 Å². The smallest absolute Gasteiger partial charge is 0.226 e. The summed E-state index contributed by atoms with van der Waals surface area (Å²) < 4.78 is 23.2. The molecule has 2 atom stereocenters. The van der Waals surface area contributed by atoms with Crippen molar-refractivity contribution in [3.05, 3.63) is 0 Å². The summed E-state index contributed by atoms with van der Waals surface area (Å²) in [6.07, 6.45) is 3.79. The maximum atomic E-state index is 12.7. The number of carbonyl (C=O) groups excluding carboxylic acids is 1. The van der Waals surface area contributed by atoms with Gasteiger partial charge in [0.15, 0.2) is 9.84 Å². The van der Waals surface area contributed by atoms with E-state index in [-0.39, 0.29) is 47.2 Å². The molecule has 3 rings (SSSR count). The standard InChI is InChI=1S/C14H24N2O3S.ClH/c1-2-16(11-3-8-20(18,19)10-11)13(17)12-9-14(12)4-6-15-7-5-14;/h11-12,15H,2-10H2,1H3;1H. The van der Waals surface area contributed by atoms with Crippen LogP contribution in [0.25, 0.3) is 0 Å². The molecule has 2 aliphatic heterocycles. The van der Waals surface area contributed by atoms with E-state index in [2.05, 4.69) is 5.32 Å². The van der Waals surface area contributed by atoms with Gasteiger partial charge in [-0.3, -0.25) is 4.79 Å². The van der Waals surface area contributed by atoms with E-state index in [1.54, 1.807) is 0 Å². The molecule has 0 aromatic rings. The Morgan fingerprint density at radius 3 is 2.52 bits per heavy atom. The lowest BCUT2D eigenvalue weighted by Crippen LogP contribution is -2.43. The molecule has 0 aromatic carbocycles. The van der Waals surface area contributed by atoms with Crippen molar-refractivity contribution < 1.29 is 13.2 Å². The summed E-state index contributed by atoms with van der Waals surface area (Å²) in [6, 6.07) is -0.0862. The lowest BCUT2D eigenvalue weighted by atomic mass is 9.91. The van der Waals surface area contributed by atoms with Crippen molar-refractivity contribution in [3.8, 4) is 0 Å². The number of rotatable bonds is 3. The summed E-state index contributed by atoms with van der Waals surface area (Å²) >= 11 is 0. The molecule has 3 aliphatic rings. The van der Waals surface area contributed by atoms with Gasteiger partial charge in [-0.15, -0.1) is 12.4 Å². The van der Waals surface area contributed by atoms with Gasteiger partial charge < -0.3 is 10.2 Å². The molecule has 1 amide bonds. The molecule has 0 bridgehead atoms. The highest BCUT2D eigenvalue weighted by Crippen LogP contribution is 2.59. The maximum Gasteiger partial charge on any atom is 0.226 e. The Labute approximate surface area is 133 Å². The first-order valence-corrected chi connectivity index (χ1v) is 9.51. The molecule has 0 radical (unpaired) electrons. The normalized spacial score (nSPS) is 32.4. The Bertz CT molecular complexity index is 502. The van der Waals surface area contributed by atoms with Crippen molar-refractivity contribution in [3.63, 3.8) is 0 Å². The molecule has 21 heavy (non-hydrogen) atoms. The predicted molar refractivity (Wildman–Crippen MR) is 84.3 cm³/mol. The molecular weight excluding hydrogens is 312 g/mol. The Kier molecular flexibility index (Phi) is 4.90. The van der Waals surface area contributed by atoms with Crippen LogP contribution in [-0.4, -0.2) is 56.4 Å². The second-order valence-corrected chi connectivity index (χ2v) is 8.78. The monoisotopic (exact) mass is 336 g/mol. The summed E-state index contributed by atoms with van der Waals surface area (Å²) in [5, 5.41) is 3.34. The zero-order valence-corrected chi connectivity index (χ0v) is 14.1. The van der Waals surface area contributed by atoms with E-state index in [0.29, 0.717) is 13.0 Å². The van der Waals surface area contributed by atoms with Gasteiger partial charge in [-0.2, -0.15) is 0 Å². The first-order chi connectivity index (χ1) is 9.47. The van der Waals surface area contributed by atoms with Gasteiger partial charge in [0.2, 0.25) is 5.91 Å². The number of nitrogens with one attached hydrogen (secondary N) is 1. The number of hydrogen-bond donors (Lipinski definition) is 1. The van der Waals surface area contributed by atoms with Crippen molar-refractivity contribution in [1.82, 2.24) is 10.2 Å². The van der Waals surface area contributed by atoms with Gasteiger partial charge in [-0.05, 0) is 51.1 Å².